The molecule has 1 N–H and O–H groups in total. The molecule has 35 heavy (non-hydrogen) atoms. The number of nitrogens with zero attached hydrogens (tertiary/aromatic N) is 2. The third-order valence-electron chi connectivity index (χ3n) is 6.56. The average Bonchev–Trinajstić information content (AvgIpc) is 3.35. The average molecular weight is 470 g/mol. The molecule has 2 amide bonds. The minimum absolute atomic E-state index is 0.0531. The van der Waals surface area contributed by atoms with Crippen LogP contribution >= 0.6 is 0 Å². The summed E-state index contributed by atoms with van der Waals surface area (Å²) in [5.41, 5.74) is 4.39. The van der Waals surface area contributed by atoms with Gasteiger partial charge in [-0.3, -0.25) is 9.59 Å². The van der Waals surface area contributed by atoms with Crippen LogP contribution in [-0.4, -0.2) is 42.0 Å². The maximum Gasteiger partial charge on any atom is 0.272 e. The van der Waals surface area contributed by atoms with Crippen LogP contribution < -0.4 is 14.8 Å². The van der Waals surface area contributed by atoms with Crippen molar-refractivity contribution in [2.45, 2.75) is 12.6 Å². The van der Waals surface area contributed by atoms with E-state index >= 15 is 0 Å². The smallest absolute Gasteiger partial charge is 0.272 e. The predicted octanol–water partition coefficient (Wildman–Crippen LogP) is 4.06. The fraction of sp³-hybridized carbons (Fsp3) is 0.214. The van der Waals surface area contributed by atoms with Crippen molar-refractivity contribution in [1.29, 1.82) is 0 Å². The Morgan fingerprint density at radius 1 is 0.943 bits per heavy atom. The number of hydrogen-bond donors (Lipinski definition) is 1. The van der Waals surface area contributed by atoms with E-state index in [4.69, 9.17) is 9.47 Å². The third kappa shape index (κ3) is 3.99. The first kappa shape index (κ1) is 22.5. The Labute approximate surface area is 203 Å². The van der Waals surface area contributed by atoms with E-state index in [-0.39, 0.29) is 24.4 Å². The number of methoxy groups -OCH3 is 2. The quantitative estimate of drug-likeness (QED) is 0.443. The molecule has 1 aliphatic heterocycles. The topological polar surface area (TPSA) is 72.8 Å². The number of rotatable bonds is 7. The molecule has 7 nitrogen and oxygen atoms in total. The number of amides is 2. The van der Waals surface area contributed by atoms with E-state index < -0.39 is 0 Å². The molecular weight excluding hydrogens is 442 g/mol. The summed E-state index contributed by atoms with van der Waals surface area (Å²) in [6.07, 6.45) is 0. The molecule has 178 valence electrons. The van der Waals surface area contributed by atoms with Crippen LogP contribution in [0, 0.1) is 0 Å². The number of hydrogen-bond acceptors (Lipinski definition) is 4. The zero-order valence-corrected chi connectivity index (χ0v) is 19.9. The molecule has 4 aromatic rings. The minimum atomic E-state index is -0.378. The normalized spacial score (nSPS) is 14.8. The number of carbonyl (C=O) groups is 2. The van der Waals surface area contributed by atoms with Crippen LogP contribution in [0.2, 0.25) is 0 Å². The number of aryl methyl sites for hydroxylation is 1. The molecule has 0 spiro atoms. The maximum absolute atomic E-state index is 13.7. The van der Waals surface area contributed by atoms with Gasteiger partial charge >= 0.3 is 0 Å². The summed E-state index contributed by atoms with van der Waals surface area (Å²) in [6.45, 7) is 0.295. The Balaban J connectivity index is 1.47. The predicted molar refractivity (Wildman–Crippen MR) is 134 cm³/mol. The molecule has 5 rings (SSSR count). The zero-order chi connectivity index (χ0) is 24.5. The molecule has 2 heterocycles. The van der Waals surface area contributed by atoms with Crippen molar-refractivity contribution in [3.8, 4) is 11.5 Å². The second-order valence-electron chi connectivity index (χ2n) is 8.58. The summed E-state index contributed by atoms with van der Waals surface area (Å²) in [5.74, 6) is 1.08. The van der Waals surface area contributed by atoms with Crippen LogP contribution in [0.3, 0.4) is 0 Å². The van der Waals surface area contributed by atoms with Gasteiger partial charge in [-0.25, -0.2) is 0 Å². The standard InChI is InChI=1S/C28H27N3O4/c1-30-23-10-5-4-9-22(23)25-26(19-11-13-20(34-2)14-12-19)31(28(33)27(25)30)17-24(32)29-16-18-7-6-8-21(15-18)35-3/h4-15,26H,16-17H2,1-3H3,(H,29,32). The van der Waals surface area contributed by atoms with E-state index in [9.17, 15) is 9.59 Å². The fourth-order valence-corrected chi connectivity index (χ4v) is 4.86. The Hall–Kier alpha value is -4.26. The van der Waals surface area contributed by atoms with Crippen molar-refractivity contribution in [3.63, 3.8) is 0 Å². The first-order chi connectivity index (χ1) is 17.0. The minimum Gasteiger partial charge on any atom is -0.497 e. The van der Waals surface area contributed by atoms with Crippen LogP contribution in [0.4, 0.5) is 0 Å². The molecule has 0 saturated carbocycles. The van der Waals surface area contributed by atoms with E-state index in [1.165, 1.54) is 0 Å². The van der Waals surface area contributed by atoms with Crippen LogP contribution in [0.25, 0.3) is 10.9 Å². The number of aromatic nitrogens is 1. The third-order valence-corrected chi connectivity index (χ3v) is 6.56. The molecule has 0 fully saturated rings. The Morgan fingerprint density at radius 2 is 1.69 bits per heavy atom. The summed E-state index contributed by atoms with van der Waals surface area (Å²) in [4.78, 5) is 28.3. The number of ether oxygens (including phenoxy) is 2. The number of carbonyl (C=O) groups excluding carboxylic acids is 2. The number of nitrogens with one attached hydrogen (secondary N) is 1. The highest BCUT2D eigenvalue weighted by molar-refractivity contribution is 6.07. The highest BCUT2D eigenvalue weighted by Crippen LogP contribution is 2.43. The molecule has 0 radical (unpaired) electrons. The van der Waals surface area contributed by atoms with Crippen LogP contribution in [0.1, 0.15) is 33.2 Å². The molecule has 1 unspecified atom stereocenters. The molecule has 1 atom stereocenters. The van der Waals surface area contributed by atoms with Gasteiger partial charge in [0.15, 0.2) is 0 Å². The maximum atomic E-state index is 13.7. The second kappa shape index (κ2) is 9.18. The lowest BCUT2D eigenvalue weighted by atomic mass is 9.98. The lowest BCUT2D eigenvalue weighted by Gasteiger charge is -2.26. The highest BCUT2D eigenvalue weighted by Gasteiger charge is 2.42. The monoisotopic (exact) mass is 469 g/mol. The van der Waals surface area contributed by atoms with Gasteiger partial charge < -0.3 is 24.3 Å². The van der Waals surface area contributed by atoms with Gasteiger partial charge in [0.2, 0.25) is 5.91 Å². The van der Waals surface area contributed by atoms with E-state index in [0.717, 1.165) is 39.1 Å². The summed E-state index contributed by atoms with van der Waals surface area (Å²) in [7, 11) is 5.13. The van der Waals surface area contributed by atoms with Crippen molar-refractivity contribution in [2.75, 3.05) is 20.8 Å². The summed E-state index contributed by atoms with van der Waals surface area (Å²) in [5, 5.41) is 3.96. The lowest BCUT2D eigenvalue weighted by Crippen LogP contribution is -2.39. The van der Waals surface area contributed by atoms with Crippen molar-refractivity contribution >= 4 is 22.7 Å². The van der Waals surface area contributed by atoms with Crippen LogP contribution in [0.15, 0.2) is 72.8 Å². The summed E-state index contributed by atoms with van der Waals surface area (Å²) < 4.78 is 12.5. The number of para-hydroxylation sites is 1. The van der Waals surface area contributed by atoms with Crippen molar-refractivity contribution in [1.82, 2.24) is 14.8 Å². The van der Waals surface area contributed by atoms with Crippen molar-refractivity contribution < 1.29 is 19.1 Å². The zero-order valence-electron chi connectivity index (χ0n) is 19.9. The van der Waals surface area contributed by atoms with Crippen LogP contribution in [0.5, 0.6) is 11.5 Å². The first-order valence-electron chi connectivity index (χ1n) is 11.4. The fourth-order valence-electron chi connectivity index (χ4n) is 4.86. The molecule has 0 aliphatic carbocycles. The molecule has 3 aromatic carbocycles. The van der Waals surface area contributed by atoms with E-state index in [1.807, 2.05) is 84.4 Å². The first-order valence-corrected chi connectivity index (χ1v) is 11.4. The molecule has 1 aromatic heterocycles. The second-order valence-corrected chi connectivity index (χ2v) is 8.58. The SMILES string of the molecule is COc1ccc(C2c3c(n(C)c4ccccc34)C(=O)N2CC(=O)NCc2cccc(OC)c2)cc1. The molecule has 1 aliphatic rings. The Bertz CT molecular complexity index is 1410. The summed E-state index contributed by atoms with van der Waals surface area (Å²) >= 11 is 0. The molecular formula is C28H27N3O4. The van der Waals surface area contributed by atoms with Gasteiger partial charge in [-0.15, -0.1) is 0 Å². The molecule has 0 bridgehead atoms. The van der Waals surface area contributed by atoms with Crippen LogP contribution in [-0.2, 0) is 18.4 Å². The van der Waals surface area contributed by atoms with Gasteiger partial charge in [-0.05, 0) is 41.5 Å². The van der Waals surface area contributed by atoms with Gasteiger partial charge in [-0.1, -0.05) is 42.5 Å². The van der Waals surface area contributed by atoms with Gasteiger partial charge in [0.05, 0.1) is 20.3 Å². The highest BCUT2D eigenvalue weighted by atomic mass is 16.5. The van der Waals surface area contributed by atoms with Gasteiger partial charge in [0.1, 0.15) is 23.7 Å². The van der Waals surface area contributed by atoms with Crippen molar-refractivity contribution in [3.05, 3.63) is 95.2 Å². The number of fused-ring (bicyclic) bond motifs is 3. The van der Waals surface area contributed by atoms with E-state index in [0.29, 0.717) is 12.2 Å². The molecule has 7 heteroatoms. The van der Waals surface area contributed by atoms with Crippen molar-refractivity contribution in [2.24, 2.45) is 7.05 Å². The number of benzene rings is 3. The molecule has 0 saturated heterocycles. The lowest BCUT2D eigenvalue weighted by molar-refractivity contribution is -0.122. The van der Waals surface area contributed by atoms with Gasteiger partial charge in [0.25, 0.3) is 5.91 Å². The van der Waals surface area contributed by atoms with Gasteiger partial charge in [0, 0.05) is 30.1 Å². The van der Waals surface area contributed by atoms with E-state index in [2.05, 4.69) is 5.32 Å². The Kier molecular flexibility index (Phi) is 5.91. The van der Waals surface area contributed by atoms with Gasteiger partial charge in [-0.2, -0.15) is 0 Å². The largest absolute Gasteiger partial charge is 0.497 e. The summed E-state index contributed by atoms with van der Waals surface area (Å²) in [6, 6.07) is 22.8. The van der Waals surface area contributed by atoms with E-state index in [1.54, 1.807) is 19.1 Å². The Morgan fingerprint density at radius 3 is 2.43 bits per heavy atom.